The topological polar surface area (TPSA) is 101 Å². The lowest BCUT2D eigenvalue weighted by Crippen LogP contribution is -2.42. The van der Waals surface area contributed by atoms with E-state index < -0.39 is 21.6 Å². The van der Waals surface area contributed by atoms with Gasteiger partial charge in [-0.15, -0.1) is 12.4 Å². The van der Waals surface area contributed by atoms with Crippen molar-refractivity contribution in [3.05, 3.63) is 65.7 Å². The SMILES string of the molecule is CC(C)(C)NS(=O)(=O)c1ccccc1CNC(=O)[C@@H](N)Cc1ccccc1.Cl. The van der Waals surface area contributed by atoms with Crippen molar-refractivity contribution in [2.45, 2.75) is 50.2 Å². The van der Waals surface area contributed by atoms with Crippen molar-refractivity contribution in [1.29, 1.82) is 0 Å². The Labute approximate surface area is 173 Å². The first kappa shape index (κ1) is 24.1. The zero-order valence-corrected chi connectivity index (χ0v) is 17.9. The fourth-order valence-corrected chi connectivity index (χ4v) is 4.30. The maximum Gasteiger partial charge on any atom is 0.241 e. The highest BCUT2D eigenvalue weighted by Crippen LogP contribution is 2.17. The predicted molar refractivity (Wildman–Crippen MR) is 114 cm³/mol. The minimum Gasteiger partial charge on any atom is -0.351 e. The fraction of sp³-hybridized carbons (Fsp3) is 0.350. The Bertz CT molecular complexity index is 881. The molecule has 2 aromatic rings. The van der Waals surface area contributed by atoms with Gasteiger partial charge in [0.15, 0.2) is 0 Å². The fourth-order valence-electron chi connectivity index (χ4n) is 2.64. The number of hydrogen-bond acceptors (Lipinski definition) is 4. The van der Waals surface area contributed by atoms with E-state index in [-0.39, 0.29) is 29.8 Å². The molecule has 0 saturated heterocycles. The third kappa shape index (κ3) is 7.24. The minimum absolute atomic E-state index is 0. The molecule has 2 aromatic carbocycles. The van der Waals surface area contributed by atoms with Crippen LogP contribution in [0.15, 0.2) is 59.5 Å². The summed E-state index contributed by atoms with van der Waals surface area (Å²) in [4.78, 5) is 12.5. The maximum absolute atomic E-state index is 12.6. The van der Waals surface area contributed by atoms with E-state index in [1.54, 1.807) is 39.0 Å². The zero-order valence-electron chi connectivity index (χ0n) is 16.3. The Morgan fingerprint density at radius 1 is 1.04 bits per heavy atom. The van der Waals surface area contributed by atoms with Crippen LogP contribution >= 0.6 is 12.4 Å². The molecule has 0 saturated carbocycles. The summed E-state index contributed by atoms with van der Waals surface area (Å²) in [6.07, 6.45) is 0.415. The summed E-state index contributed by atoms with van der Waals surface area (Å²) in [6.45, 7) is 5.41. The molecule has 2 rings (SSSR count). The van der Waals surface area contributed by atoms with Crippen molar-refractivity contribution >= 4 is 28.3 Å². The molecule has 0 unspecified atom stereocenters. The molecule has 6 nitrogen and oxygen atoms in total. The van der Waals surface area contributed by atoms with Crippen molar-refractivity contribution < 1.29 is 13.2 Å². The summed E-state index contributed by atoms with van der Waals surface area (Å²) in [6, 6.07) is 15.4. The molecule has 0 bridgehead atoms. The van der Waals surface area contributed by atoms with Gasteiger partial charge in [0, 0.05) is 12.1 Å². The Kier molecular flexibility index (Phi) is 8.63. The monoisotopic (exact) mass is 425 g/mol. The third-order valence-corrected chi connectivity index (χ3v) is 5.65. The van der Waals surface area contributed by atoms with E-state index in [0.29, 0.717) is 12.0 Å². The highest BCUT2D eigenvalue weighted by Gasteiger charge is 2.24. The van der Waals surface area contributed by atoms with E-state index in [1.165, 1.54) is 6.07 Å². The summed E-state index contributed by atoms with van der Waals surface area (Å²) >= 11 is 0. The largest absolute Gasteiger partial charge is 0.351 e. The van der Waals surface area contributed by atoms with Crippen molar-refractivity contribution in [3.8, 4) is 0 Å². The van der Waals surface area contributed by atoms with Crippen LogP contribution in [-0.4, -0.2) is 25.9 Å². The standard InChI is InChI=1S/C20H27N3O3S.ClH/c1-20(2,3)23-27(25,26)18-12-8-7-11-16(18)14-22-19(24)17(21)13-15-9-5-4-6-10-15;/h4-12,17,23H,13-14,21H2,1-3H3,(H,22,24);1H/t17-;/m0./s1. The number of halogens is 1. The lowest BCUT2D eigenvalue weighted by atomic mass is 10.1. The predicted octanol–water partition coefficient (Wildman–Crippen LogP) is 2.37. The van der Waals surface area contributed by atoms with E-state index in [4.69, 9.17) is 5.73 Å². The summed E-state index contributed by atoms with van der Waals surface area (Å²) in [5.41, 5.74) is 6.85. The first-order valence-corrected chi connectivity index (χ1v) is 10.3. The second-order valence-electron chi connectivity index (χ2n) is 7.48. The van der Waals surface area contributed by atoms with Crippen LogP contribution < -0.4 is 15.8 Å². The van der Waals surface area contributed by atoms with Crippen LogP contribution in [0.5, 0.6) is 0 Å². The van der Waals surface area contributed by atoms with Crippen molar-refractivity contribution in [1.82, 2.24) is 10.0 Å². The van der Waals surface area contributed by atoms with Crippen LogP contribution in [0.3, 0.4) is 0 Å². The van der Waals surface area contributed by atoms with Gasteiger partial charge in [0.05, 0.1) is 10.9 Å². The molecule has 0 aromatic heterocycles. The molecule has 0 aliphatic carbocycles. The highest BCUT2D eigenvalue weighted by atomic mass is 35.5. The van der Waals surface area contributed by atoms with Crippen LogP contribution in [0.25, 0.3) is 0 Å². The van der Waals surface area contributed by atoms with Gasteiger partial charge in [-0.05, 0) is 44.4 Å². The van der Waals surface area contributed by atoms with Crippen molar-refractivity contribution in [2.75, 3.05) is 0 Å². The summed E-state index contributed by atoms with van der Waals surface area (Å²) in [5, 5.41) is 2.74. The van der Waals surface area contributed by atoms with Crippen LogP contribution in [-0.2, 0) is 27.8 Å². The van der Waals surface area contributed by atoms with Gasteiger partial charge in [-0.1, -0.05) is 48.5 Å². The Morgan fingerprint density at radius 2 is 1.61 bits per heavy atom. The number of rotatable bonds is 7. The number of hydrogen-bond donors (Lipinski definition) is 3. The minimum atomic E-state index is -3.70. The van der Waals surface area contributed by atoms with E-state index >= 15 is 0 Å². The van der Waals surface area contributed by atoms with Gasteiger partial charge in [-0.25, -0.2) is 13.1 Å². The number of benzene rings is 2. The van der Waals surface area contributed by atoms with Gasteiger partial charge in [-0.3, -0.25) is 4.79 Å². The smallest absolute Gasteiger partial charge is 0.241 e. The molecular formula is C20H28ClN3O3S. The van der Waals surface area contributed by atoms with E-state index in [0.717, 1.165) is 5.56 Å². The lowest BCUT2D eigenvalue weighted by molar-refractivity contribution is -0.122. The molecule has 8 heteroatoms. The second-order valence-corrected chi connectivity index (χ2v) is 9.13. The third-order valence-electron chi connectivity index (χ3n) is 3.79. The Hall–Kier alpha value is -1.93. The number of sulfonamides is 1. The number of carbonyl (C=O) groups is 1. The van der Waals surface area contributed by atoms with Crippen molar-refractivity contribution in [3.63, 3.8) is 0 Å². The quantitative estimate of drug-likeness (QED) is 0.633. The molecule has 0 fully saturated rings. The molecule has 0 radical (unpaired) electrons. The Morgan fingerprint density at radius 3 is 2.21 bits per heavy atom. The maximum atomic E-state index is 12.6. The molecular weight excluding hydrogens is 398 g/mol. The van der Waals surface area contributed by atoms with Gasteiger partial charge in [-0.2, -0.15) is 0 Å². The summed E-state index contributed by atoms with van der Waals surface area (Å²) in [5.74, 6) is -0.324. The van der Waals surface area contributed by atoms with E-state index in [1.807, 2.05) is 30.3 Å². The van der Waals surface area contributed by atoms with Crippen LogP contribution in [0, 0.1) is 0 Å². The van der Waals surface area contributed by atoms with Gasteiger partial charge in [0.2, 0.25) is 15.9 Å². The molecule has 28 heavy (non-hydrogen) atoms. The van der Waals surface area contributed by atoms with Crippen LogP contribution in [0.4, 0.5) is 0 Å². The van der Waals surface area contributed by atoms with Gasteiger partial charge in [0.25, 0.3) is 0 Å². The second kappa shape index (κ2) is 10.0. The first-order valence-electron chi connectivity index (χ1n) is 8.77. The lowest BCUT2D eigenvalue weighted by Gasteiger charge is -2.22. The normalized spacial score (nSPS) is 12.7. The average Bonchev–Trinajstić information content (AvgIpc) is 2.58. The molecule has 0 heterocycles. The molecule has 154 valence electrons. The molecule has 1 atom stereocenters. The Balaban J connectivity index is 0.00000392. The van der Waals surface area contributed by atoms with E-state index in [2.05, 4.69) is 10.0 Å². The van der Waals surface area contributed by atoms with Crippen molar-refractivity contribution in [2.24, 2.45) is 5.73 Å². The van der Waals surface area contributed by atoms with E-state index in [9.17, 15) is 13.2 Å². The summed E-state index contributed by atoms with van der Waals surface area (Å²) < 4.78 is 27.9. The molecule has 0 aliphatic heterocycles. The van der Waals surface area contributed by atoms with Gasteiger partial charge in [0.1, 0.15) is 0 Å². The highest BCUT2D eigenvalue weighted by molar-refractivity contribution is 7.89. The number of carbonyl (C=O) groups excluding carboxylic acids is 1. The number of amides is 1. The summed E-state index contributed by atoms with van der Waals surface area (Å²) in [7, 11) is -3.70. The van der Waals surface area contributed by atoms with Crippen LogP contribution in [0.2, 0.25) is 0 Å². The zero-order chi connectivity index (χ0) is 20.1. The first-order chi connectivity index (χ1) is 12.6. The average molecular weight is 426 g/mol. The number of nitrogens with two attached hydrogens (primary N) is 1. The van der Waals surface area contributed by atoms with Gasteiger partial charge >= 0.3 is 0 Å². The van der Waals surface area contributed by atoms with Crippen LogP contribution in [0.1, 0.15) is 31.9 Å². The molecule has 1 amide bonds. The molecule has 4 N–H and O–H groups in total. The number of nitrogens with one attached hydrogen (secondary N) is 2. The van der Waals surface area contributed by atoms with Gasteiger partial charge < -0.3 is 11.1 Å². The molecule has 0 spiro atoms. The molecule has 0 aliphatic rings.